The Bertz CT molecular complexity index is 750. The molecule has 3 N–H and O–H groups in total. The van der Waals surface area contributed by atoms with E-state index in [1.54, 1.807) is 0 Å². The van der Waals surface area contributed by atoms with Gasteiger partial charge in [-0.25, -0.2) is 0 Å². The van der Waals surface area contributed by atoms with Crippen molar-refractivity contribution in [1.29, 1.82) is 0 Å². The van der Waals surface area contributed by atoms with Crippen LogP contribution in [0.3, 0.4) is 0 Å². The number of unbranched alkanes of at least 4 members (excludes halogenated alkanes) is 32. The summed E-state index contributed by atoms with van der Waals surface area (Å²) in [5.41, 5.74) is 0. The van der Waals surface area contributed by atoms with Crippen LogP contribution < -0.4 is 5.32 Å². The molecule has 0 saturated carbocycles. The van der Waals surface area contributed by atoms with Crippen LogP contribution in [0.5, 0.6) is 0 Å². The van der Waals surface area contributed by atoms with Crippen LogP contribution in [0.15, 0.2) is 24.3 Å². The number of carbonyl (C=O) groups excluding carboxylic acids is 1. The molecule has 1 amide bonds. The smallest absolute Gasteiger partial charge is 0.220 e. The van der Waals surface area contributed by atoms with Crippen LogP contribution >= 0.6 is 0 Å². The van der Waals surface area contributed by atoms with Gasteiger partial charge in [-0.05, 0) is 44.9 Å². The van der Waals surface area contributed by atoms with E-state index in [0.29, 0.717) is 12.8 Å². The Morgan fingerprint density at radius 2 is 0.788 bits per heavy atom. The Hall–Kier alpha value is -1.13. The number of amides is 1. The molecule has 0 rings (SSSR count). The number of rotatable bonds is 43. The normalized spacial score (nSPS) is 13.1. The summed E-state index contributed by atoms with van der Waals surface area (Å²) in [6.45, 7) is 4.36. The van der Waals surface area contributed by atoms with E-state index in [1.165, 1.54) is 199 Å². The summed E-state index contributed by atoms with van der Waals surface area (Å²) in [4.78, 5) is 12.4. The van der Waals surface area contributed by atoms with Gasteiger partial charge in [-0.1, -0.05) is 231 Å². The lowest BCUT2D eigenvalue weighted by molar-refractivity contribution is -0.123. The topological polar surface area (TPSA) is 69.6 Å². The Balaban J connectivity index is 3.44. The summed E-state index contributed by atoms with van der Waals surface area (Å²) < 4.78 is 0. The van der Waals surface area contributed by atoms with Gasteiger partial charge in [-0.3, -0.25) is 4.79 Å². The second-order valence-electron chi connectivity index (χ2n) is 16.2. The van der Waals surface area contributed by atoms with E-state index < -0.39 is 12.1 Å². The fourth-order valence-electron chi connectivity index (χ4n) is 7.33. The van der Waals surface area contributed by atoms with Crippen LogP contribution in [0.1, 0.15) is 258 Å². The Morgan fingerprint density at radius 3 is 1.15 bits per heavy atom. The van der Waals surface area contributed by atoms with Crippen molar-refractivity contribution in [2.45, 2.75) is 270 Å². The van der Waals surface area contributed by atoms with Gasteiger partial charge in [-0.2, -0.15) is 0 Å². The maximum atomic E-state index is 12.4. The summed E-state index contributed by atoms with van der Waals surface area (Å²) in [5, 5.41) is 23.1. The molecule has 0 saturated heterocycles. The van der Waals surface area contributed by atoms with Gasteiger partial charge in [0.25, 0.3) is 0 Å². The van der Waals surface area contributed by atoms with E-state index in [2.05, 4.69) is 43.5 Å². The molecule has 0 bridgehead atoms. The van der Waals surface area contributed by atoms with Gasteiger partial charge in [0.15, 0.2) is 0 Å². The molecule has 0 heterocycles. The van der Waals surface area contributed by atoms with Crippen molar-refractivity contribution in [1.82, 2.24) is 5.32 Å². The van der Waals surface area contributed by atoms with E-state index in [1.807, 2.05) is 0 Å². The molecule has 2 atom stereocenters. The second-order valence-corrected chi connectivity index (χ2v) is 16.2. The van der Waals surface area contributed by atoms with Gasteiger partial charge in [0.2, 0.25) is 5.91 Å². The van der Waals surface area contributed by atoms with E-state index in [9.17, 15) is 15.0 Å². The quantitative estimate of drug-likeness (QED) is 0.0432. The van der Waals surface area contributed by atoms with Crippen molar-refractivity contribution in [2.24, 2.45) is 0 Å². The first-order valence-electron chi connectivity index (χ1n) is 23.5. The number of allylic oxidation sites excluding steroid dienone is 4. The highest BCUT2D eigenvalue weighted by atomic mass is 16.3. The van der Waals surface area contributed by atoms with Crippen LogP contribution in [0.25, 0.3) is 0 Å². The van der Waals surface area contributed by atoms with E-state index in [-0.39, 0.29) is 12.5 Å². The van der Waals surface area contributed by atoms with Crippen molar-refractivity contribution in [2.75, 3.05) is 6.61 Å². The van der Waals surface area contributed by atoms with E-state index >= 15 is 0 Å². The highest BCUT2D eigenvalue weighted by Gasteiger charge is 2.20. The van der Waals surface area contributed by atoms with Crippen LogP contribution in [0.4, 0.5) is 0 Å². The minimum absolute atomic E-state index is 0.0315. The lowest BCUT2D eigenvalue weighted by atomic mass is 10.0. The van der Waals surface area contributed by atoms with Gasteiger partial charge < -0.3 is 15.5 Å². The molecule has 4 heteroatoms. The summed E-state index contributed by atoms with van der Waals surface area (Å²) in [7, 11) is 0. The number of hydrogen-bond donors (Lipinski definition) is 3. The third-order valence-corrected chi connectivity index (χ3v) is 11.0. The number of nitrogens with one attached hydrogen (secondary N) is 1. The van der Waals surface area contributed by atoms with Crippen molar-refractivity contribution in [3.8, 4) is 0 Å². The Kier molecular flexibility index (Phi) is 43.3. The fourth-order valence-corrected chi connectivity index (χ4v) is 7.33. The number of hydrogen-bond acceptors (Lipinski definition) is 3. The SMILES string of the molecule is CCCCCCCCCCC/C=C\C/C=C\CCCCCCCCCCCCCCCC(=O)NC(CO)C(O)CCCCCCCCCCCCC. The average molecular weight is 732 g/mol. The fraction of sp³-hybridized carbons (Fsp3) is 0.896. The maximum absolute atomic E-state index is 12.4. The predicted octanol–water partition coefficient (Wildman–Crippen LogP) is 14.8. The Morgan fingerprint density at radius 1 is 0.462 bits per heavy atom. The standard InChI is InChI=1S/C48H93NO3/c1-3-5-7-9-11-13-15-16-17-18-19-20-21-22-23-24-25-26-27-28-29-30-31-32-34-36-38-40-42-44-48(52)49-46(45-50)47(51)43-41-39-37-35-33-14-12-10-8-6-4-2/h19-20,22-23,46-47,50-51H,3-18,21,24-45H2,1-2H3,(H,49,52)/b20-19-,23-22-. The van der Waals surface area contributed by atoms with E-state index in [0.717, 1.165) is 32.1 Å². The third kappa shape index (κ3) is 40.1. The largest absolute Gasteiger partial charge is 0.394 e. The molecule has 0 aromatic rings. The zero-order chi connectivity index (χ0) is 37.8. The van der Waals surface area contributed by atoms with Crippen molar-refractivity contribution < 1.29 is 15.0 Å². The predicted molar refractivity (Wildman–Crippen MR) is 230 cm³/mol. The first kappa shape index (κ1) is 50.9. The molecule has 0 aliphatic heterocycles. The zero-order valence-electron chi connectivity index (χ0n) is 35.3. The van der Waals surface area contributed by atoms with Crippen molar-refractivity contribution in [3.05, 3.63) is 24.3 Å². The minimum Gasteiger partial charge on any atom is -0.394 e. The van der Waals surface area contributed by atoms with Crippen LogP contribution in [-0.2, 0) is 4.79 Å². The molecule has 0 aromatic carbocycles. The molecule has 0 spiro atoms. The molecule has 0 aliphatic carbocycles. The molecule has 0 aromatic heterocycles. The van der Waals surface area contributed by atoms with Crippen molar-refractivity contribution >= 4 is 5.91 Å². The van der Waals surface area contributed by atoms with Crippen LogP contribution in [0, 0.1) is 0 Å². The Labute approximate surface area is 326 Å². The summed E-state index contributed by atoms with van der Waals surface area (Å²) in [6, 6.07) is -0.533. The monoisotopic (exact) mass is 732 g/mol. The molecular weight excluding hydrogens is 639 g/mol. The second kappa shape index (κ2) is 44.3. The average Bonchev–Trinajstić information content (AvgIpc) is 3.15. The van der Waals surface area contributed by atoms with Crippen molar-refractivity contribution in [3.63, 3.8) is 0 Å². The molecule has 2 unspecified atom stereocenters. The zero-order valence-corrected chi connectivity index (χ0v) is 35.3. The molecule has 52 heavy (non-hydrogen) atoms. The van der Waals surface area contributed by atoms with Crippen LogP contribution in [-0.4, -0.2) is 34.9 Å². The van der Waals surface area contributed by atoms with Gasteiger partial charge in [0.05, 0.1) is 18.8 Å². The molecule has 0 radical (unpaired) electrons. The highest BCUT2D eigenvalue weighted by molar-refractivity contribution is 5.76. The van der Waals surface area contributed by atoms with Gasteiger partial charge in [-0.15, -0.1) is 0 Å². The molecule has 0 fully saturated rings. The highest BCUT2D eigenvalue weighted by Crippen LogP contribution is 2.16. The molecule has 4 nitrogen and oxygen atoms in total. The number of carbonyl (C=O) groups is 1. The molecule has 308 valence electrons. The number of aliphatic hydroxyl groups excluding tert-OH is 2. The summed E-state index contributed by atoms with van der Waals surface area (Å²) >= 11 is 0. The third-order valence-electron chi connectivity index (χ3n) is 11.0. The summed E-state index contributed by atoms with van der Waals surface area (Å²) in [6.07, 6.45) is 57.0. The number of aliphatic hydroxyl groups is 2. The first-order valence-corrected chi connectivity index (χ1v) is 23.5. The minimum atomic E-state index is -0.656. The molecule has 0 aliphatic rings. The first-order chi connectivity index (χ1) is 25.7. The summed E-state index contributed by atoms with van der Waals surface area (Å²) in [5.74, 6) is -0.0315. The van der Waals surface area contributed by atoms with Gasteiger partial charge in [0.1, 0.15) is 0 Å². The maximum Gasteiger partial charge on any atom is 0.220 e. The van der Waals surface area contributed by atoms with Gasteiger partial charge >= 0.3 is 0 Å². The molecular formula is C48H93NO3. The lowest BCUT2D eigenvalue weighted by Crippen LogP contribution is -2.45. The lowest BCUT2D eigenvalue weighted by Gasteiger charge is -2.22. The van der Waals surface area contributed by atoms with Crippen LogP contribution in [0.2, 0.25) is 0 Å². The van der Waals surface area contributed by atoms with E-state index in [4.69, 9.17) is 0 Å². The van der Waals surface area contributed by atoms with Gasteiger partial charge in [0, 0.05) is 6.42 Å².